The molecule has 6 nitrogen and oxygen atoms in total. The van der Waals surface area contributed by atoms with Crippen LogP contribution in [-0.2, 0) is 4.79 Å². The molecule has 3 aromatic rings. The molecule has 0 radical (unpaired) electrons. The Hall–Kier alpha value is -3.54. The molecule has 0 saturated carbocycles. The van der Waals surface area contributed by atoms with Gasteiger partial charge in [-0.3, -0.25) is 9.78 Å². The van der Waals surface area contributed by atoms with Crippen molar-refractivity contribution in [3.8, 4) is 17.2 Å². The average molecular weight is 348 g/mol. The number of amides is 1. The molecule has 0 atom stereocenters. The van der Waals surface area contributed by atoms with Gasteiger partial charge in [0.25, 0.3) is 0 Å². The zero-order valence-electron chi connectivity index (χ0n) is 14.1. The van der Waals surface area contributed by atoms with E-state index in [4.69, 9.17) is 14.2 Å². The highest BCUT2D eigenvalue weighted by Crippen LogP contribution is 2.33. The summed E-state index contributed by atoms with van der Waals surface area (Å²) in [5, 5.41) is 3.75. The Bertz CT molecular complexity index is 1010. The molecule has 0 aliphatic carbocycles. The van der Waals surface area contributed by atoms with Gasteiger partial charge < -0.3 is 19.5 Å². The van der Waals surface area contributed by atoms with Gasteiger partial charge in [0.2, 0.25) is 12.7 Å². The van der Waals surface area contributed by atoms with Crippen LogP contribution in [0, 0.1) is 0 Å². The van der Waals surface area contributed by atoms with Crippen LogP contribution in [0.1, 0.15) is 5.56 Å². The van der Waals surface area contributed by atoms with Crippen LogP contribution in [0.4, 0.5) is 5.69 Å². The number of ether oxygens (including phenoxy) is 3. The normalized spacial score (nSPS) is 12.5. The van der Waals surface area contributed by atoms with Gasteiger partial charge >= 0.3 is 0 Å². The van der Waals surface area contributed by atoms with E-state index in [1.54, 1.807) is 25.4 Å². The molecular formula is C20H16N2O4. The van der Waals surface area contributed by atoms with Crippen LogP contribution in [0.15, 0.2) is 54.7 Å². The molecule has 1 amide bonds. The number of methoxy groups -OCH3 is 1. The molecule has 0 spiro atoms. The summed E-state index contributed by atoms with van der Waals surface area (Å²) in [4.78, 5) is 16.7. The van der Waals surface area contributed by atoms with Crippen LogP contribution in [-0.4, -0.2) is 24.8 Å². The summed E-state index contributed by atoms with van der Waals surface area (Å²) in [6.45, 7) is 0.221. The molecule has 1 aliphatic heterocycles. The molecule has 1 N–H and O–H groups in total. The fraction of sp³-hybridized carbons (Fsp3) is 0.100. The maximum atomic E-state index is 12.3. The van der Waals surface area contributed by atoms with Gasteiger partial charge in [-0.15, -0.1) is 0 Å². The molecule has 0 unspecified atom stereocenters. The first-order chi connectivity index (χ1) is 12.7. The molecule has 2 aromatic carbocycles. The minimum absolute atomic E-state index is 0.221. The highest BCUT2D eigenvalue weighted by molar-refractivity contribution is 6.07. The smallest absolute Gasteiger partial charge is 0.248 e. The lowest BCUT2D eigenvalue weighted by Gasteiger charge is -2.09. The van der Waals surface area contributed by atoms with E-state index in [0.717, 1.165) is 10.9 Å². The Morgan fingerprint density at radius 1 is 1.19 bits per heavy atom. The molecule has 130 valence electrons. The van der Waals surface area contributed by atoms with E-state index < -0.39 is 0 Å². The fourth-order valence-electron chi connectivity index (χ4n) is 2.74. The summed E-state index contributed by atoms with van der Waals surface area (Å²) in [7, 11) is 1.59. The first-order valence-electron chi connectivity index (χ1n) is 8.04. The quantitative estimate of drug-likeness (QED) is 0.729. The van der Waals surface area contributed by atoms with Crippen LogP contribution in [0.3, 0.4) is 0 Å². The second-order valence-corrected chi connectivity index (χ2v) is 5.69. The van der Waals surface area contributed by atoms with E-state index in [9.17, 15) is 4.79 Å². The van der Waals surface area contributed by atoms with Crippen molar-refractivity contribution < 1.29 is 19.0 Å². The number of benzene rings is 2. The van der Waals surface area contributed by atoms with Gasteiger partial charge in [0.15, 0.2) is 11.5 Å². The van der Waals surface area contributed by atoms with E-state index in [-0.39, 0.29) is 12.7 Å². The Labute approximate surface area is 150 Å². The Balaban J connectivity index is 1.55. The van der Waals surface area contributed by atoms with Gasteiger partial charge in [-0.05, 0) is 35.9 Å². The molecule has 26 heavy (non-hydrogen) atoms. The minimum Gasteiger partial charge on any atom is -0.497 e. The predicted molar refractivity (Wildman–Crippen MR) is 98.5 cm³/mol. The lowest BCUT2D eigenvalue weighted by molar-refractivity contribution is -0.111. The van der Waals surface area contributed by atoms with Gasteiger partial charge in [0.05, 0.1) is 18.3 Å². The summed E-state index contributed by atoms with van der Waals surface area (Å²) in [6.07, 6.45) is 4.87. The molecular weight excluding hydrogens is 332 g/mol. The predicted octanol–water partition coefficient (Wildman–Crippen LogP) is 3.62. The first-order valence-corrected chi connectivity index (χ1v) is 8.04. The van der Waals surface area contributed by atoms with E-state index in [0.29, 0.717) is 28.5 Å². The molecule has 2 heterocycles. The van der Waals surface area contributed by atoms with Crippen molar-refractivity contribution in [3.05, 3.63) is 60.3 Å². The zero-order valence-corrected chi connectivity index (χ0v) is 14.1. The molecule has 1 aliphatic rings. The fourth-order valence-corrected chi connectivity index (χ4v) is 2.74. The third-order valence-electron chi connectivity index (χ3n) is 4.00. The second-order valence-electron chi connectivity index (χ2n) is 5.69. The monoisotopic (exact) mass is 348 g/mol. The summed E-state index contributed by atoms with van der Waals surface area (Å²) >= 11 is 0. The third kappa shape index (κ3) is 3.17. The summed E-state index contributed by atoms with van der Waals surface area (Å²) in [5.41, 5.74) is 2.15. The van der Waals surface area contributed by atoms with Crippen molar-refractivity contribution in [3.63, 3.8) is 0 Å². The van der Waals surface area contributed by atoms with Gasteiger partial charge in [-0.25, -0.2) is 0 Å². The number of anilines is 1. The Kier molecular flexibility index (Phi) is 4.15. The van der Waals surface area contributed by atoms with Gasteiger partial charge in [0.1, 0.15) is 5.75 Å². The van der Waals surface area contributed by atoms with E-state index in [1.807, 2.05) is 36.4 Å². The largest absolute Gasteiger partial charge is 0.497 e. The standard InChI is InChI=1S/C20H16N2O4/c1-24-15-10-14-3-2-8-21-20(14)16(11-15)22-19(23)7-5-13-4-6-17-18(9-13)26-12-25-17/h2-11H,12H2,1H3,(H,22,23)/b7-5+. The van der Waals surface area contributed by atoms with E-state index >= 15 is 0 Å². The summed E-state index contributed by atoms with van der Waals surface area (Å²) in [5.74, 6) is 1.78. The molecule has 4 rings (SSSR count). The molecule has 0 saturated heterocycles. The summed E-state index contributed by atoms with van der Waals surface area (Å²) < 4.78 is 15.9. The number of aromatic nitrogens is 1. The number of hydrogen-bond acceptors (Lipinski definition) is 5. The molecule has 0 bridgehead atoms. The maximum absolute atomic E-state index is 12.3. The molecule has 6 heteroatoms. The number of hydrogen-bond donors (Lipinski definition) is 1. The molecule has 1 aromatic heterocycles. The van der Waals surface area contributed by atoms with Gasteiger partial charge in [-0.1, -0.05) is 12.1 Å². The highest BCUT2D eigenvalue weighted by atomic mass is 16.7. The maximum Gasteiger partial charge on any atom is 0.248 e. The Morgan fingerprint density at radius 3 is 2.96 bits per heavy atom. The van der Waals surface area contributed by atoms with Crippen LogP contribution in [0.25, 0.3) is 17.0 Å². The first kappa shape index (κ1) is 16.0. The topological polar surface area (TPSA) is 69.7 Å². The lowest BCUT2D eigenvalue weighted by atomic mass is 10.1. The van der Waals surface area contributed by atoms with Gasteiger partial charge in [0, 0.05) is 23.7 Å². The number of fused-ring (bicyclic) bond motifs is 2. The Morgan fingerprint density at radius 2 is 2.08 bits per heavy atom. The van der Waals surface area contributed by atoms with Crippen molar-refractivity contribution >= 4 is 28.6 Å². The average Bonchev–Trinajstić information content (AvgIpc) is 3.14. The molecule has 0 fully saturated rings. The number of nitrogens with zero attached hydrogens (tertiary/aromatic N) is 1. The highest BCUT2D eigenvalue weighted by Gasteiger charge is 2.12. The second kappa shape index (κ2) is 6.76. The van der Waals surface area contributed by atoms with E-state index in [1.165, 1.54) is 6.08 Å². The van der Waals surface area contributed by atoms with Crippen molar-refractivity contribution in [2.24, 2.45) is 0 Å². The van der Waals surface area contributed by atoms with Crippen LogP contribution < -0.4 is 19.5 Å². The third-order valence-corrected chi connectivity index (χ3v) is 4.00. The number of pyridine rings is 1. The van der Waals surface area contributed by atoms with Crippen LogP contribution >= 0.6 is 0 Å². The van der Waals surface area contributed by atoms with Crippen LogP contribution in [0.5, 0.6) is 17.2 Å². The number of nitrogens with one attached hydrogen (secondary N) is 1. The van der Waals surface area contributed by atoms with Crippen molar-refractivity contribution in [1.82, 2.24) is 4.98 Å². The van der Waals surface area contributed by atoms with Gasteiger partial charge in [-0.2, -0.15) is 0 Å². The van der Waals surface area contributed by atoms with E-state index in [2.05, 4.69) is 10.3 Å². The zero-order chi connectivity index (χ0) is 17.9. The van der Waals surface area contributed by atoms with Crippen molar-refractivity contribution in [2.75, 3.05) is 19.2 Å². The van der Waals surface area contributed by atoms with Crippen molar-refractivity contribution in [2.45, 2.75) is 0 Å². The number of carbonyl (C=O) groups excluding carboxylic acids is 1. The lowest BCUT2D eigenvalue weighted by Crippen LogP contribution is -2.08. The number of carbonyl (C=O) groups is 1. The summed E-state index contributed by atoms with van der Waals surface area (Å²) in [6, 6.07) is 12.9. The minimum atomic E-state index is -0.261. The number of rotatable bonds is 4. The van der Waals surface area contributed by atoms with Crippen LogP contribution in [0.2, 0.25) is 0 Å². The van der Waals surface area contributed by atoms with Crippen molar-refractivity contribution in [1.29, 1.82) is 0 Å². The SMILES string of the molecule is COc1cc(NC(=O)/C=C/c2ccc3c(c2)OCO3)c2ncccc2c1.